The maximum Gasteiger partial charge on any atom is 0.227 e. The Morgan fingerprint density at radius 2 is 2.21 bits per heavy atom. The Hall–Kier alpha value is 0.160. The summed E-state index contributed by atoms with van der Waals surface area (Å²) in [5.74, 6) is 0. The Bertz CT molecular complexity index is 262. The summed E-state index contributed by atoms with van der Waals surface area (Å²) >= 11 is 5.34. The minimum Gasteiger partial charge on any atom is -0.377 e. The third-order valence-corrected chi connectivity index (χ3v) is 4.55. The Balaban J connectivity index is 2.43. The van der Waals surface area contributed by atoms with Gasteiger partial charge in [0.15, 0.2) is 0 Å². The molecule has 0 aromatic carbocycles. The predicted octanol–water partition coefficient (Wildman–Crippen LogP) is 1.01. The van der Waals surface area contributed by atoms with Gasteiger partial charge in [-0.05, 0) is 19.3 Å². The summed E-state index contributed by atoms with van der Waals surface area (Å²) in [6.45, 7) is 1.15. The first-order valence-electron chi connectivity index (χ1n) is 4.68. The molecule has 0 radical (unpaired) electrons. The topological polar surface area (TPSA) is 46.6 Å². The van der Waals surface area contributed by atoms with Crippen LogP contribution in [0.1, 0.15) is 19.3 Å². The lowest BCUT2D eigenvalue weighted by Gasteiger charge is -2.26. The predicted molar refractivity (Wildman–Crippen MR) is 55.9 cm³/mol. The number of nitrogens with zero attached hydrogens (tertiary/aromatic N) is 1. The zero-order valence-electron chi connectivity index (χ0n) is 8.28. The molecule has 0 saturated carbocycles. The summed E-state index contributed by atoms with van der Waals surface area (Å²) in [7, 11) is -1.74. The summed E-state index contributed by atoms with van der Waals surface area (Å²) < 4.78 is 29.3. The van der Waals surface area contributed by atoms with Crippen molar-refractivity contribution in [3.63, 3.8) is 0 Å². The SMILES string of the molecule is CN(CC1CCCCO1)S(=O)(=O)CCl. The number of hydrogen-bond donors (Lipinski definition) is 0. The Kier molecular flexibility index (Phi) is 4.63. The molecule has 6 heteroatoms. The van der Waals surface area contributed by atoms with Crippen LogP contribution < -0.4 is 0 Å². The van der Waals surface area contributed by atoms with Gasteiger partial charge in [0.25, 0.3) is 0 Å². The molecule has 1 atom stereocenters. The maximum absolute atomic E-state index is 11.3. The van der Waals surface area contributed by atoms with E-state index in [1.807, 2.05) is 0 Å². The molecule has 14 heavy (non-hydrogen) atoms. The van der Waals surface area contributed by atoms with Crippen molar-refractivity contribution in [2.75, 3.05) is 25.4 Å². The molecule has 1 heterocycles. The average Bonchev–Trinajstić information content (AvgIpc) is 2.19. The first kappa shape index (κ1) is 12.2. The fraction of sp³-hybridized carbons (Fsp3) is 1.00. The van der Waals surface area contributed by atoms with Gasteiger partial charge >= 0.3 is 0 Å². The molecule has 0 aromatic rings. The first-order chi connectivity index (χ1) is 6.56. The number of halogens is 1. The molecule has 0 amide bonds. The smallest absolute Gasteiger partial charge is 0.227 e. The van der Waals surface area contributed by atoms with Gasteiger partial charge in [-0.25, -0.2) is 12.7 Å². The fourth-order valence-electron chi connectivity index (χ4n) is 1.44. The second-order valence-electron chi connectivity index (χ2n) is 3.49. The normalized spacial score (nSPS) is 24.1. The van der Waals surface area contributed by atoms with Crippen molar-refractivity contribution in [1.82, 2.24) is 4.31 Å². The molecule has 0 N–H and O–H groups in total. The second kappa shape index (κ2) is 5.30. The van der Waals surface area contributed by atoms with Gasteiger partial charge in [-0.3, -0.25) is 0 Å². The van der Waals surface area contributed by atoms with E-state index in [2.05, 4.69) is 0 Å². The van der Waals surface area contributed by atoms with Gasteiger partial charge in [-0.2, -0.15) is 0 Å². The highest BCUT2D eigenvalue weighted by molar-refractivity contribution is 7.90. The van der Waals surface area contributed by atoms with Crippen LogP contribution in [0.3, 0.4) is 0 Å². The molecule has 0 spiro atoms. The molecular weight excluding hydrogens is 226 g/mol. The van der Waals surface area contributed by atoms with Crippen LogP contribution in [0, 0.1) is 0 Å². The lowest BCUT2D eigenvalue weighted by Crippen LogP contribution is -2.37. The molecule has 1 aliphatic heterocycles. The van der Waals surface area contributed by atoms with Crippen molar-refractivity contribution in [2.45, 2.75) is 25.4 Å². The van der Waals surface area contributed by atoms with Crippen LogP contribution in [0.5, 0.6) is 0 Å². The van der Waals surface area contributed by atoms with Crippen molar-refractivity contribution in [2.24, 2.45) is 0 Å². The Morgan fingerprint density at radius 3 is 2.71 bits per heavy atom. The monoisotopic (exact) mass is 241 g/mol. The zero-order valence-corrected chi connectivity index (χ0v) is 9.85. The molecule has 1 saturated heterocycles. The second-order valence-corrected chi connectivity index (χ2v) is 6.15. The lowest BCUT2D eigenvalue weighted by atomic mass is 10.1. The molecule has 1 fully saturated rings. The van der Waals surface area contributed by atoms with Crippen LogP contribution in [0.2, 0.25) is 0 Å². The van der Waals surface area contributed by atoms with E-state index in [1.54, 1.807) is 0 Å². The number of sulfonamides is 1. The summed E-state index contributed by atoms with van der Waals surface area (Å²) in [6, 6.07) is 0. The quantitative estimate of drug-likeness (QED) is 0.691. The molecule has 0 bridgehead atoms. The van der Waals surface area contributed by atoms with Crippen LogP contribution in [0.25, 0.3) is 0 Å². The minimum atomic E-state index is -3.28. The molecule has 0 aromatic heterocycles. The lowest BCUT2D eigenvalue weighted by molar-refractivity contribution is 0.00864. The third kappa shape index (κ3) is 3.38. The molecule has 1 aliphatic rings. The van der Waals surface area contributed by atoms with Crippen LogP contribution >= 0.6 is 11.6 Å². The highest BCUT2D eigenvalue weighted by atomic mass is 35.5. The number of likely N-dealkylation sites (N-methyl/N-ethyl adjacent to an activating group) is 1. The number of alkyl halides is 1. The van der Waals surface area contributed by atoms with Gasteiger partial charge in [0.1, 0.15) is 5.21 Å². The molecule has 1 unspecified atom stereocenters. The summed E-state index contributed by atoms with van der Waals surface area (Å²) in [5.41, 5.74) is 0. The van der Waals surface area contributed by atoms with E-state index in [0.717, 1.165) is 25.9 Å². The van der Waals surface area contributed by atoms with E-state index in [9.17, 15) is 8.42 Å². The van der Waals surface area contributed by atoms with E-state index < -0.39 is 10.0 Å². The summed E-state index contributed by atoms with van der Waals surface area (Å²) in [4.78, 5) is 0. The number of ether oxygens (including phenoxy) is 1. The van der Waals surface area contributed by atoms with E-state index in [1.165, 1.54) is 11.4 Å². The van der Waals surface area contributed by atoms with Crippen molar-refractivity contribution in [3.05, 3.63) is 0 Å². The van der Waals surface area contributed by atoms with E-state index in [4.69, 9.17) is 16.3 Å². The fourth-order valence-corrected chi connectivity index (χ4v) is 2.49. The number of hydrogen-bond acceptors (Lipinski definition) is 3. The van der Waals surface area contributed by atoms with Crippen molar-refractivity contribution >= 4 is 21.6 Å². The molecule has 1 rings (SSSR count). The minimum absolute atomic E-state index is 0.0340. The van der Waals surface area contributed by atoms with Crippen molar-refractivity contribution < 1.29 is 13.2 Å². The molecule has 0 aliphatic carbocycles. The first-order valence-corrected chi connectivity index (χ1v) is 6.82. The molecule has 84 valence electrons. The van der Waals surface area contributed by atoms with E-state index in [0.29, 0.717) is 6.54 Å². The highest BCUT2D eigenvalue weighted by Crippen LogP contribution is 2.14. The summed E-state index contributed by atoms with van der Waals surface area (Å²) in [6.07, 6.45) is 3.15. The van der Waals surface area contributed by atoms with Gasteiger partial charge in [0.05, 0.1) is 6.10 Å². The maximum atomic E-state index is 11.3. The standard InChI is InChI=1S/C8H16ClNO3S/c1-10(14(11,12)7-9)6-8-4-2-3-5-13-8/h8H,2-7H2,1H3. The van der Waals surface area contributed by atoms with Crippen molar-refractivity contribution in [1.29, 1.82) is 0 Å². The zero-order chi connectivity index (χ0) is 10.6. The molecular formula is C8H16ClNO3S. The van der Waals surface area contributed by atoms with Gasteiger partial charge in [0, 0.05) is 20.2 Å². The average molecular weight is 242 g/mol. The van der Waals surface area contributed by atoms with Gasteiger partial charge in [-0.1, -0.05) is 0 Å². The largest absolute Gasteiger partial charge is 0.377 e. The number of rotatable bonds is 4. The van der Waals surface area contributed by atoms with Crippen LogP contribution in [0.15, 0.2) is 0 Å². The Morgan fingerprint density at radius 1 is 1.50 bits per heavy atom. The Labute approximate surface area is 90.2 Å². The summed E-state index contributed by atoms with van der Waals surface area (Å²) in [5, 5.41) is -0.365. The van der Waals surface area contributed by atoms with E-state index >= 15 is 0 Å². The van der Waals surface area contributed by atoms with Gasteiger partial charge < -0.3 is 4.74 Å². The van der Waals surface area contributed by atoms with Crippen LogP contribution in [0.4, 0.5) is 0 Å². The molecule has 4 nitrogen and oxygen atoms in total. The highest BCUT2D eigenvalue weighted by Gasteiger charge is 2.22. The van der Waals surface area contributed by atoms with Crippen LogP contribution in [-0.2, 0) is 14.8 Å². The van der Waals surface area contributed by atoms with Gasteiger partial charge in [-0.15, -0.1) is 11.6 Å². The van der Waals surface area contributed by atoms with Crippen LogP contribution in [-0.4, -0.2) is 44.2 Å². The van der Waals surface area contributed by atoms with Crippen molar-refractivity contribution in [3.8, 4) is 0 Å². The van der Waals surface area contributed by atoms with E-state index in [-0.39, 0.29) is 11.3 Å². The van der Waals surface area contributed by atoms with Gasteiger partial charge in [0.2, 0.25) is 10.0 Å². The third-order valence-electron chi connectivity index (χ3n) is 2.35.